The van der Waals surface area contributed by atoms with Gasteiger partial charge in [0.25, 0.3) is 5.91 Å². The predicted molar refractivity (Wildman–Crippen MR) is 119 cm³/mol. The number of anilines is 2. The van der Waals surface area contributed by atoms with Crippen LogP contribution in [0.25, 0.3) is 0 Å². The molecule has 0 atom stereocenters. The summed E-state index contributed by atoms with van der Waals surface area (Å²) in [6, 6.07) is 10.9. The van der Waals surface area contributed by atoms with Crippen LogP contribution in [0.3, 0.4) is 0 Å². The Morgan fingerprint density at radius 3 is 2.53 bits per heavy atom. The minimum Gasteiger partial charge on any atom is -0.465 e. The maximum atomic E-state index is 12.9. The monoisotopic (exact) mass is 459 g/mol. The summed E-state index contributed by atoms with van der Waals surface area (Å²) in [5.74, 6) is -1.11. The molecule has 1 heterocycles. The van der Waals surface area contributed by atoms with Crippen LogP contribution in [0.4, 0.5) is 11.4 Å². The van der Waals surface area contributed by atoms with E-state index in [1.54, 1.807) is 12.1 Å². The summed E-state index contributed by atoms with van der Waals surface area (Å²) < 4.78 is 37.8. The summed E-state index contributed by atoms with van der Waals surface area (Å²) in [6.07, 6.45) is 1.63. The Labute approximate surface area is 186 Å². The maximum Gasteiger partial charge on any atom is 0.340 e. The van der Waals surface area contributed by atoms with Crippen LogP contribution in [0, 0.1) is 0 Å². The van der Waals surface area contributed by atoms with Crippen LogP contribution in [-0.2, 0) is 19.5 Å². The van der Waals surface area contributed by atoms with E-state index in [1.165, 1.54) is 31.4 Å². The van der Waals surface area contributed by atoms with Gasteiger partial charge in [-0.3, -0.25) is 4.79 Å². The number of rotatable bonds is 7. The SMILES string of the molecule is COC(=O)c1cc(N2CCOCC2)ccc1NC(=O)c1cccc(S(=O)(=O)NC2CC2)c1. The lowest BCUT2D eigenvalue weighted by Crippen LogP contribution is -2.36. The molecule has 2 fully saturated rings. The molecule has 170 valence electrons. The number of nitrogens with zero attached hydrogens (tertiary/aromatic N) is 1. The molecule has 10 heteroatoms. The average molecular weight is 460 g/mol. The van der Waals surface area contributed by atoms with E-state index in [0.717, 1.165) is 18.5 Å². The van der Waals surface area contributed by atoms with Gasteiger partial charge in [-0.25, -0.2) is 17.9 Å². The Kier molecular flexibility index (Phi) is 6.45. The van der Waals surface area contributed by atoms with Crippen molar-refractivity contribution in [1.82, 2.24) is 4.72 Å². The van der Waals surface area contributed by atoms with Crippen molar-refractivity contribution in [3.05, 3.63) is 53.6 Å². The van der Waals surface area contributed by atoms with Crippen molar-refractivity contribution in [2.75, 3.05) is 43.6 Å². The third kappa shape index (κ3) is 5.09. The molecule has 1 saturated heterocycles. The Hall–Kier alpha value is -2.95. The van der Waals surface area contributed by atoms with E-state index in [2.05, 4.69) is 14.9 Å². The van der Waals surface area contributed by atoms with Crippen molar-refractivity contribution in [2.45, 2.75) is 23.8 Å². The van der Waals surface area contributed by atoms with Crippen molar-refractivity contribution < 1.29 is 27.5 Å². The van der Waals surface area contributed by atoms with E-state index in [4.69, 9.17) is 9.47 Å². The van der Waals surface area contributed by atoms with Crippen LogP contribution in [0.15, 0.2) is 47.4 Å². The minimum absolute atomic E-state index is 0.0212. The molecule has 2 aromatic rings. The molecule has 0 aromatic heterocycles. The van der Waals surface area contributed by atoms with Gasteiger partial charge in [0.1, 0.15) is 0 Å². The third-order valence-corrected chi connectivity index (χ3v) is 6.86. The fraction of sp³-hybridized carbons (Fsp3) is 0.364. The second-order valence-electron chi connectivity index (χ2n) is 7.70. The highest BCUT2D eigenvalue weighted by Crippen LogP contribution is 2.26. The fourth-order valence-electron chi connectivity index (χ4n) is 3.43. The van der Waals surface area contributed by atoms with E-state index in [-0.39, 0.29) is 27.8 Å². The highest BCUT2D eigenvalue weighted by atomic mass is 32.2. The Balaban J connectivity index is 1.57. The molecular formula is C22H25N3O6S. The molecular weight excluding hydrogens is 434 g/mol. The van der Waals surface area contributed by atoms with Gasteiger partial charge in [-0.05, 0) is 49.2 Å². The number of hydrogen-bond donors (Lipinski definition) is 2. The molecule has 9 nitrogen and oxygen atoms in total. The first-order valence-electron chi connectivity index (χ1n) is 10.4. The number of carbonyl (C=O) groups excluding carboxylic acids is 2. The van der Waals surface area contributed by atoms with Gasteiger partial charge < -0.3 is 19.7 Å². The predicted octanol–water partition coefficient (Wildman–Crippen LogP) is 2.00. The summed E-state index contributed by atoms with van der Waals surface area (Å²) in [7, 11) is -2.42. The Morgan fingerprint density at radius 2 is 1.84 bits per heavy atom. The molecule has 1 aliphatic carbocycles. The second-order valence-corrected chi connectivity index (χ2v) is 9.41. The maximum absolute atomic E-state index is 12.9. The van der Waals surface area contributed by atoms with E-state index in [1.807, 2.05) is 6.07 Å². The standard InChI is InChI=1S/C22H25N3O6S/c1-30-22(27)19-14-17(25-9-11-31-12-10-25)7-8-20(19)23-21(26)15-3-2-4-18(13-15)32(28,29)24-16-5-6-16/h2-4,7-8,13-14,16,24H,5-6,9-12H2,1H3,(H,23,26). The van der Waals surface area contributed by atoms with Crippen LogP contribution < -0.4 is 14.9 Å². The number of benzene rings is 2. The number of carbonyl (C=O) groups is 2. The highest BCUT2D eigenvalue weighted by molar-refractivity contribution is 7.89. The smallest absolute Gasteiger partial charge is 0.340 e. The topological polar surface area (TPSA) is 114 Å². The molecule has 2 N–H and O–H groups in total. The van der Waals surface area contributed by atoms with Gasteiger partial charge in [0.2, 0.25) is 10.0 Å². The van der Waals surface area contributed by atoms with Gasteiger partial charge >= 0.3 is 5.97 Å². The summed E-state index contributed by atoms with van der Waals surface area (Å²) in [4.78, 5) is 27.4. The second kappa shape index (κ2) is 9.27. The van der Waals surface area contributed by atoms with Crippen LogP contribution in [0.1, 0.15) is 33.6 Å². The summed E-state index contributed by atoms with van der Waals surface area (Å²) >= 11 is 0. The van der Waals surface area contributed by atoms with Crippen molar-refractivity contribution in [3.8, 4) is 0 Å². The van der Waals surface area contributed by atoms with Gasteiger partial charge in [0.05, 0.1) is 36.5 Å². The molecule has 2 aromatic carbocycles. The fourth-order valence-corrected chi connectivity index (χ4v) is 4.78. The van der Waals surface area contributed by atoms with Gasteiger partial charge in [0.15, 0.2) is 0 Å². The zero-order valence-corrected chi connectivity index (χ0v) is 18.5. The van der Waals surface area contributed by atoms with Gasteiger partial charge in [-0.2, -0.15) is 0 Å². The normalized spacial score (nSPS) is 16.5. The lowest BCUT2D eigenvalue weighted by Gasteiger charge is -2.29. The lowest BCUT2D eigenvalue weighted by molar-refractivity contribution is 0.0602. The molecule has 2 aliphatic rings. The Morgan fingerprint density at radius 1 is 1.09 bits per heavy atom. The number of methoxy groups -OCH3 is 1. The van der Waals surface area contributed by atoms with Crippen LogP contribution in [0.5, 0.6) is 0 Å². The number of amides is 1. The van der Waals surface area contributed by atoms with E-state index in [0.29, 0.717) is 26.3 Å². The average Bonchev–Trinajstić information content (AvgIpc) is 3.62. The van der Waals surface area contributed by atoms with Gasteiger partial charge in [-0.1, -0.05) is 6.07 Å². The molecule has 32 heavy (non-hydrogen) atoms. The Bertz CT molecular complexity index is 1120. The highest BCUT2D eigenvalue weighted by Gasteiger charge is 2.28. The molecule has 4 rings (SSSR count). The quantitative estimate of drug-likeness (QED) is 0.609. The first-order chi connectivity index (χ1) is 15.4. The molecule has 1 amide bonds. The number of esters is 1. The zero-order valence-electron chi connectivity index (χ0n) is 17.7. The van der Waals surface area contributed by atoms with Gasteiger partial charge in [0, 0.05) is 30.4 Å². The van der Waals surface area contributed by atoms with Gasteiger partial charge in [-0.15, -0.1) is 0 Å². The first kappa shape index (κ1) is 22.3. The number of hydrogen-bond acceptors (Lipinski definition) is 7. The first-order valence-corrected chi connectivity index (χ1v) is 11.8. The van der Waals surface area contributed by atoms with E-state index >= 15 is 0 Å². The molecule has 0 spiro atoms. The number of nitrogens with one attached hydrogen (secondary N) is 2. The van der Waals surface area contributed by atoms with Crippen LogP contribution >= 0.6 is 0 Å². The van der Waals surface area contributed by atoms with Crippen molar-refractivity contribution in [1.29, 1.82) is 0 Å². The van der Waals surface area contributed by atoms with Crippen molar-refractivity contribution >= 4 is 33.3 Å². The molecule has 0 radical (unpaired) electrons. The molecule has 1 aliphatic heterocycles. The van der Waals surface area contributed by atoms with Crippen molar-refractivity contribution in [3.63, 3.8) is 0 Å². The minimum atomic E-state index is -3.69. The molecule has 0 unspecified atom stereocenters. The molecule has 0 bridgehead atoms. The van der Waals surface area contributed by atoms with Crippen LogP contribution in [-0.4, -0.2) is 59.7 Å². The zero-order chi connectivity index (χ0) is 22.7. The molecule has 1 saturated carbocycles. The van der Waals surface area contributed by atoms with E-state index < -0.39 is 21.9 Å². The van der Waals surface area contributed by atoms with Crippen LogP contribution in [0.2, 0.25) is 0 Å². The lowest BCUT2D eigenvalue weighted by atomic mass is 10.1. The third-order valence-electron chi connectivity index (χ3n) is 5.34. The summed E-state index contributed by atoms with van der Waals surface area (Å²) in [5.41, 5.74) is 1.48. The number of morpholine rings is 1. The summed E-state index contributed by atoms with van der Waals surface area (Å²) in [5, 5.41) is 2.71. The summed E-state index contributed by atoms with van der Waals surface area (Å²) in [6.45, 7) is 2.59. The number of ether oxygens (including phenoxy) is 2. The largest absolute Gasteiger partial charge is 0.465 e. The van der Waals surface area contributed by atoms with E-state index in [9.17, 15) is 18.0 Å². The number of sulfonamides is 1. The van der Waals surface area contributed by atoms with Crippen molar-refractivity contribution in [2.24, 2.45) is 0 Å².